The third-order valence-electron chi connectivity index (χ3n) is 5.85. The van der Waals surface area contributed by atoms with Gasteiger partial charge >= 0.3 is 13.8 Å². The van der Waals surface area contributed by atoms with Crippen molar-refractivity contribution >= 4 is 19.6 Å². The van der Waals surface area contributed by atoms with Gasteiger partial charge in [-0.1, -0.05) is 71.1 Å². The first-order chi connectivity index (χ1) is 17.2. The van der Waals surface area contributed by atoms with E-state index in [0.717, 1.165) is 51.4 Å². The molecule has 0 aliphatic carbocycles. The van der Waals surface area contributed by atoms with Gasteiger partial charge in [0.1, 0.15) is 17.9 Å². The van der Waals surface area contributed by atoms with Gasteiger partial charge in [-0.25, -0.2) is 4.57 Å². The lowest BCUT2D eigenvalue weighted by Gasteiger charge is -2.18. The molecule has 0 fully saturated rings. The highest BCUT2D eigenvalue weighted by Crippen LogP contribution is 2.43. The number of carboxylic acids is 1. The molecule has 0 amide bonds. The second-order valence-electron chi connectivity index (χ2n) is 9.22. The van der Waals surface area contributed by atoms with Crippen LogP contribution in [0.5, 0.6) is 0 Å². The molecule has 4 N–H and O–H groups in total. The second-order valence-corrected chi connectivity index (χ2v) is 10.7. The van der Waals surface area contributed by atoms with E-state index >= 15 is 0 Å². The van der Waals surface area contributed by atoms with E-state index < -0.39 is 32.5 Å². The first kappa shape index (κ1) is 35.1. The number of hydrogen-bond donors (Lipinski definition) is 3. The van der Waals surface area contributed by atoms with Crippen LogP contribution < -0.4 is 5.73 Å². The maximum atomic E-state index is 11.8. The topological polar surface area (TPSA) is 155 Å². The molecule has 0 aromatic rings. The van der Waals surface area contributed by atoms with E-state index in [1.807, 2.05) is 0 Å². The lowest BCUT2D eigenvalue weighted by Crippen LogP contribution is -2.34. The number of phosphoric acid groups is 1. The molecule has 0 heterocycles. The van der Waals surface area contributed by atoms with Crippen LogP contribution in [0.25, 0.3) is 0 Å². The summed E-state index contributed by atoms with van der Waals surface area (Å²) in [5, 5.41) is 8.66. The molecule has 0 radical (unpaired) electrons. The molecule has 3 atom stereocenters. The number of hydrogen-bond acceptors (Lipinski definition) is 8. The minimum absolute atomic E-state index is 0.201. The van der Waals surface area contributed by atoms with Crippen LogP contribution >= 0.6 is 7.82 Å². The Morgan fingerprint density at radius 3 is 1.83 bits per heavy atom. The summed E-state index contributed by atoms with van der Waals surface area (Å²) in [4.78, 5) is 32.0. The summed E-state index contributed by atoms with van der Waals surface area (Å²) in [5.74, 6) is -0.913. The fourth-order valence-corrected chi connectivity index (χ4v) is 4.28. The standard InChI is InChI=1S/C25H50NO9P/c1-3-4-5-13-16-22(27)17-14-11-9-7-6-8-10-12-15-18-33-19-23(32-2)20-34-36(30,31)35-21-24(26)25(28)29/h23-24H,3-21,26H2,1-2H3,(H,28,29)(H,30,31)/t23?,24-/m0/s1. The van der Waals surface area contributed by atoms with Crippen molar-refractivity contribution in [2.75, 3.05) is 33.5 Å². The fourth-order valence-electron chi connectivity index (χ4n) is 3.50. The number of carbonyl (C=O) groups excluding carboxylic acids is 1. The minimum atomic E-state index is -4.43. The molecule has 0 aromatic heterocycles. The Morgan fingerprint density at radius 2 is 1.31 bits per heavy atom. The number of methoxy groups -OCH3 is 1. The quantitative estimate of drug-likeness (QED) is 0.0959. The molecule has 11 heteroatoms. The monoisotopic (exact) mass is 539 g/mol. The Bertz CT molecular complexity index is 606. The van der Waals surface area contributed by atoms with Gasteiger partial charge in [-0.05, 0) is 19.3 Å². The van der Waals surface area contributed by atoms with Gasteiger partial charge < -0.3 is 25.2 Å². The molecule has 10 nitrogen and oxygen atoms in total. The second kappa shape index (κ2) is 23.3. The molecule has 0 aliphatic heterocycles. The Morgan fingerprint density at radius 1 is 0.806 bits per heavy atom. The minimum Gasteiger partial charge on any atom is -0.480 e. The molecule has 2 unspecified atom stereocenters. The normalized spacial score (nSPS) is 14.9. The van der Waals surface area contributed by atoms with Crippen molar-refractivity contribution in [2.24, 2.45) is 5.73 Å². The highest BCUT2D eigenvalue weighted by molar-refractivity contribution is 7.47. The molecule has 214 valence electrons. The van der Waals surface area contributed by atoms with Crippen molar-refractivity contribution in [3.05, 3.63) is 0 Å². The molecule has 0 saturated carbocycles. The molecule has 0 spiro atoms. The van der Waals surface area contributed by atoms with Crippen molar-refractivity contribution in [1.82, 2.24) is 0 Å². The maximum absolute atomic E-state index is 11.8. The molecule has 0 bridgehead atoms. The number of ether oxygens (including phenoxy) is 2. The third kappa shape index (κ3) is 22.3. The lowest BCUT2D eigenvalue weighted by molar-refractivity contribution is -0.139. The van der Waals surface area contributed by atoms with Gasteiger partial charge in [0.2, 0.25) is 0 Å². The highest BCUT2D eigenvalue weighted by Gasteiger charge is 2.26. The summed E-state index contributed by atoms with van der Waals surface area (Å²) in [6.45, 7) is 2.07. The van der Waals surface area contributed by atoms with E-state index in [0.29, 0.717) is 12.4 Å². The van der Waals surface area contributed by atoms with Gasteiger partial charge in [0.25, 0.3) is 0 Å². The van der Waals surface area contributed by atoms with E-state index in [1.54, 1.807) is 0 Å². The Labute approximate surface area is 217 Å². The number of phosphoric ester groups is 1. The molecule has 0 aliphatic rings. The number of carbonyl (C=O) groups is 2. The van der Waals surface area contributed by atoms with Crippen LogP contribution in [-0.2, 0) is 32.7 Å². The highest BCUT2D eigenvalue weighted by atomic mass is 31.2. The predicted molar refractivity (Wildman–Crippen MR) is 139 cm³/mol. The van der Waals surface area contributed by atoms with Crippen LogP contribution in [0.1, 0.15) is 103 Å². The summed E-state index contributed by atoms with van der Waals surface area (Å²) < 4.78 is 31.9. The van der Waals surface area contributed by atoms with Crippen LogP contribution in [0.2, 0.25) is 0 Å². The first-order valence-electron chi connectivity index (χ1n) is 13.4. The van der Waals surface area contributed by atoms with Crippen molar-refractivity contribution in [1.29, 1.82) is 0 Å². The summed E-state index contributed by atoms with van der Waals surface area (Å²) in [6.07, 6.45) is 15.8. The van der Waals surface area contributed by atoms with Gasteiger partial charge in [-0.15, -0.1) is 0 Å². The molecule has 0 saturated heterocycles. The number of Topliss-reactive ketones (excluding diaryl/α,β-unsaturated/α-hetero) is 1. The maximum Gasteiger partial charge on any atom is 0.472 e. The summed E-state index contributed by atoms with van der Waals surface area (Å²) in [5.41, 5.74) is 5.22. The summed E-state index contributed by atoms with van der Waals surface area (Å²) >= 11 is 0. The number of carboxylic acid groups (broad SMARTS) is 1. The van der Waals surface area contributed by atoms with E-state index in [1.165, 1.54) is 52.1 Å². The Balaban J connectivity index is 3.58. The Kier molecular flexibility index (Phi) is 22.7. The van der Waals surface area contributed by atoms with Crippen molar-refractivity contribution < 1.29 is 42.7 Å². The third-order valence-corrected chi connectivity index (χ3v) is 6.80. The molecular formula is C25H50NO9P. The molecule has 36 heavy (non-hydrogen) atoms. The molecule has 0 rings (SSSR count). The fraction of sp³-hybridized carbons (Fsp3) is 0.920. The smallest absolute Gasteiger partial charge is 0.472 e. The lowest BCUT2D eigenvalue weighted by atomic mass is 10.0. The van der Waals surface area contributed by atoms with Gasteiger partial charge in [0.05, 0.1) is 19.8 Å². The van der Waals surface area contributed by atoms with Crippen LogP contribution in [0.4, 0.5) is 0 Å². The van der Waals surface area contributed by atoms with Crippen molar-refractivity contribution in [3.8, 4) is 0 Å². The van der Waals surface area contributed by atoms with Crippen LogP contribution in [0.3, 0.4) is 0 Å². The average Bonchev–Trinajstić information content (AvgIpc) is 2.84. The van der Waals surface area contributed by atoms with Crippen LogP contribution in [-0.4, -0.2) is 67.4 Å². The van der Waals surface area contributed by atoms with E-state index in [9.17, 15) is 19.0 Å². The van der Waals surface area contributed by atoms with E-state index in [4.69, 9.17) is 24.8 Å². The van der Waals surface area contributed by atoms with Crippen molar-refractivity contribution in [2.45, 2.75) is 115 Å². The van der Waals surface area contributed by atoms with Gasteiger partial charge in [0, 0.05) is 26.6 Å². The predicted octanol–water partition coefficient (Wildman–Crippen LogP) is 5.00. The van der Waals surface area contributed by atoms with Gasteiger partial charge in [-0.3, -0.25) is 18.6 Å². The van der Waals surface area contributed by atoms with Gasteiger partial charge in [0.15, 0.2) is 0 Å². The van der Waals surface area contributed by atoms with E-state index in [2.05, 4.69) is 11.4 Å². The van der Waals surface area contributed by atoms with E-state index in [-0.39, 0.29) is 13.2 Å². The average molecular weight is 540 g/mol. The largest absolute Gasteiger partial charge is 0.480 e. The first-order valence-corrected chi connectivity index (χ1v) is 14.9. The number of unbranched alkanes of at least 4 members (excludes halogenated alkanes) is 11. The van der Waals surface area contributed by atoms with Crippen LogP contribution in [0.15, 0.2) is 0 Å². The number of nitrogens with two attached hydrogens (primary N) is 1. The van der Waals surface area contributed by atoms with Crippen molar-refractivity contribution in [3.63, 3.8) is 0 Å². The molecule has 0 aromatic carbocycles. The number of aliphatic carboxylic acids is 1. The number of ketones is 1. The Hall–Kier alpha value is -0.870. The zero-order valence-corrected chi connectivity index (χ0v) is 23.3. The van der Waals surface area contributed by atoms with Crippen LogP contribution in [0, 0.1) is 0 Å². The number of rotatable bonds is 27. The molecular weight excluding hydrogens is 489 g/mol. The SMILES string of the molecule is CCCCCCC(=O)CCCCCCCCCCCOCC(COP(=O)(O)OC[C@H](N)C(=O)O)OC. The zero-order valence-electron chi connectivity index (χ0n) is 22.4. The van der Waals surface area contributed by atoms with Gasteiger partial charge in [-0.2, -0.15) is 0 Å². The summed E-state index contributed by atoms with van der Waals surface area (Å²) in [6, 6.07) is -1.41. The summed E-state index contributed by atoms with van der Waals surface area (Å²) in [7, 11) is -2.99. The zero-order chi connectivity index (χ0) is 27.1.